The third-order valence-electron chi connectivity index (χ3n) is 15.0. The van der Waals surface area contributed by atoms with E-state index in [0.717, 1.165) is 24.9 Å². The van der Waals surface area contributed by atoms with Crippen molar-refractivity contribution < 1.29 is 29.2 Å². The number of aliphatic hydroxyl groups is 2. The number of hydrogen-bond acceptors (Lipinski definition) is 6. The van der Waals surface area contributed by atoms with Crippen LogP contribution in [-0.4, -0.2) is 75.8 Å². The molecule has 0 bridgehead atoms. The van der Waals surface area contributed by atoms with Gasteiger partial charge in [-0.3, -0.25) is 0 Å². The molecule has 0 amide bonds. The SMILES string of the molecule is C=C(C)[C@@H]1CC[C@]2(COCCOCCO)CC[C@]3(C)[C@H](CC[C@@H]4[C@@]5(C)CC[C@H](OCCOCCO)C(C)(C)[C@@H]5CC[C@]43C)[C@@H]12. The van der Waals surface area contributed by atoms with Crippen LogP contribution < -0.4 is 0 Å². The molecule has 10 atom stereocenters. The summed E-state index contributed by atoms with van der Waals surface area (Å²) in [5.74, 6) is 3.41. The normalized spacial score (nSPS) is 44.4. The van der Waals surface area contributed by atoms with Crippen molar-refractivity contribution in [3.05, 3.63) is 12.2 Å². The molecule has 5 aliphatic carbocycles. The number of fused-ring (bicyclic) bond motifs is 7. The lowest BCUT2D eigenvalue weighted by molar-refractivity contribution is -0.254. The van der Waals surface area contributed by atoms with E-state index in [1.165, 1.54) is 63.4 Å². The third kappa shape index (κ3) is 5.78. The van der Waals surface area contributed by atoms with Gasteiger partial charge in [-0.1, -0.05) is 46.8 Å². The predicted molar refractivity (Wildman–Crippen MR) is 175 cm³/mol. The van der Waals surface area contributed by atoms with E-state index in [1.54, 1.807) is 0 Å². The topological polar surface area (TPSA) is 77.4 Å². The van der Waals surface area contributed by atoms with Gasteiger partial charge in [-0.15, -0.1) is 0 Å². The van der Waals surface area contributed by atoms with Crippen molar-refractivity contribution in [1.29, 1.82) is 0 Å². The van der Waals surface area contributed by atoms with Crippen LogP contribution in [0.1, 0.15) is 106 Å². The largest absolute Gasteiger partial charge is 0.394 e. The Balaban J connectivity index is 1.34. The van der Waals surface area contributed by atoms with E-state index in [2.05, 4.69) is 48.1 Å². The summed E-state index contributed by atoms with van der Waals surface area (Å²) in [6.07, 6.45) is 13.1. The van der Waals surface area contributed by atoms with Crippen molar-refractivity contribution in [2.45, 2.75) is 112 Å². The minimum atomic E-state index is 0.0690. The first kappa shape index (κ1) is 34.8. The molecule has 0 aromatic rings. The molecule has 6 heteroatoms. The zero-order valence-corrected chi connectivity index (χ0v) is 29.1. The molecule has 6 nitrogen and oxygen atoms in total. The molecule has 0 saturated heterocycles. The second kappa shape index (κ2) is 13.5. The number of rotatable bonds is 14. The highest BCUT2D eigenvalue weighted by Crippen LogP contribution is 2.77. The van der Waals surface area contributed by atoms with E-state index >= 15 is 0 Å². The molecule has 0 unspecified atom stereocenters. The van der Waals surface area contributed by atoms with Gasteiger partial charge in [0.05, 0.1) is 65.6 Å². The van der Waals surface area contributed by atoms with Gasteiger partial charge in [-0.2, -0.15) is 0 Å². The molecule has 0 aromatic carbocycles. The first-order valence-corrected chi connectivity index (χ1v) is 18.1. The smallest absolute Gasteiger partial charge is 0.0704 e. The molecule has 0 radical (unpaired) electrons. The van der Waals surface area contributed by atoms with Crippen LogP contribution in [0, 0.1) is 56.7 Å². The van der Waals surface area contributed by atoms with Gasteiger partial charge in [-0.25, -0.2) is 0 Å². The molecule has 2 N–H and O–H groups in total. The van der Waals surface area contributed by atoms with Gasteiger partial charge in [0.15, 0.2) is 0 Å². The highest BCUT2D eigenvalue weighted by molar-refractivity contribution is 5.21. The molecular weight excluding hydrogens is 552 g/mol. The fourth-order valence-corrected chi connectivity index (χ4v) is 12.8. The standard InChI is InChI=1S/C38H66O6/c1-27(2)28-10-15-38(26-43-23-22-41-20-18-39)17-16-36(6)29(33(28)38)8-9-31-35(5)13-12-32(44-25-24-42-21-19-40)34(3,4)30(35)11-14-37(31,36)7/h28-33,39-40H,1,8-26H2,2-7H3/t28-,29+,30-,31+,32-,33+,35-,36+,37+,38+/m0/s1. The molecule has 5 saturated carbocycles. The lowest BCUT2D eigenvalue weighted by atomic mass is 9.32. The second-order valence-electron chi connectivity index (χ2n) is 17.0. The summed E-state index contributed by atoms with van der Waals surface area (Å²) in [6.45, 7) is 24.1. The Morgan fingerprint density at radius 3 is 2.05 bits per heavy atom. The van der Waals surface area contributed by atoms with Gasteiger partial charge in [0.1, 0.15) is 0 Å². The van der Waals surface area contributed by atoms with Crippen LogP contribution in [-0.2, 0) is 18.9 Å². The summed E-state index contributed by atoms with van der Waals surface area (Å²) < 4.78 is 23.9. The summed E-state index contributed by atoms with van der Waals surface area (Å²) in [4.78, 5) is 0. The second-order valence-corrected chi connectivity index (χ2v) is 17.0. The summed E-state index contributed by atoms with van der Waals surface area (Å²) in [7, 11) is 0. The number of aliphatic hydroxyl groups excluding tert-OH is 2. The average molecular weight is 619 g/mol. The van der Waals surface area contributed by atoms with E-state index in [1.807, 2.05) is 0 Å². The predicted octanol–water partition coefficient (Wildman–Crippen LogP) is 7.06. The molecule has 44 heavy (non-hydrogen) atoms. The highest BCUT2D eigenvalue weighted by Gasteiger charge is 2.71. The van der Waals surface area contributed by atoms with Crippen molar-refractivity contribution >= 4 is 0 Å². The summed E-state index contributed by atoms with van der Waals surface area (Å²) in [6, 6.07) is 0. The Hall–Kier alpha value is -0.500. The van der Waals surface area contributed by atoms with E-state index in [4.69, 9.17) is 29.2 Å². The molecule has 5 aliphatic rings. The minimum Gasteiger partial charge on any atom is -0.394 e. The van der Waals surface area contributed by atoms with Crippen LogP contribution in [0.2, 0.25) is 0 Å². The first-order valence-electron chi connectivity index (χ1n) is 18.1. The third-order valence-corrected chi connectivity index (χ3v) is 15.0. The molecule has 254 valence electrons. The maximum Gasteiger partial charge on any atom is 0.0704 e. The Labute approximate surface area is 269 Å². The molecule has 5 rings (SSSR count). The summed E-state index contributed by atoms with van der Waals surface area (Å²) in [5, 5.41) is 18.1. The van der Waals surface area contributed by atoms with Crippen LogP contribution >= 0.6 is 0 Å². The Morgan fingerprint density at radius 2 is 1.36 bits per heavy atom. The summed E-state index contributed by atoms with van der Waals surface area (Å²) >= 11 is 0. The maximum atomic E-state index is 9.05. The van der Waals surface area contributed by atoms with Crippen LogP contribution in [0.15, 0.2) is 12.2 Å². The van der Waals surface area contributed by atoms with Crippen LogP contribution in [0.25, 0.3) is 0 Å². The minimum absolute atomic E-state index is 0.0690. The van der Waals surface area contributed by atoms with Crippen LogP contribution in [0.3, 0.4) is 0 Å². The fourth-order valence-electron chi connectivity index (χ4n) is 12.8. The highest BCUT2D eigenvalue weighted by atomic mass is 16.5. The zero-order valence-electron chi connectivity index (χ0n) is 29.1. The van der Waals surface area contributed by atoms with E-state index in [9.17, 15) is 0 Å². The molecule has 0 heterocycles. The van der Waals surface area contributed by atoms with Gasteiger partial charge in [-0.05, 0) is 128 Å². The van der Waals surface area contributed by atoms with E-state index < -0.39 is 0 Å². The fraction of sp³-hybridized carbons (Fsp3) is 0.947. The van der Waals surface area contributed by atoms with Gasteiger partial charge in [0.25, 0.3) is 0 Å². The average Bonchev–Trinajstić information content (AvgIpc) is 3.36. The Morgan fingerprint density at radius 1 is 0.682 bits per heavy atom. The van der Waals surface area contributed by atoms with Crippen molar-refractivity contribution in [2.75, 3.05) is 59.5 Å². The molecule has 5 fully saturated rings. The molecule has 0 aromatic heterocycles. The Bertz CT molecular complexity index is 982. The maximum absolute atomic E-state index is 9.05. The zero-order chi connectivity index (χ0) is 31.8. The first-order chi connectivity index (χ1) is 20.9. The van der Waals surface area contributed by atoms with Gasteiger partial charge >= 0.3 is 0 Å². The lowest BCUT2D eigenvalue weighted by Gasteiger charge is -2.73. The molecule has 0 aliphatic heterocycles. The van der Waals surface area contributed by atoms with Crippen LogP contribution in [0.5, 0.6) is 0 Å². The van der Waals surface area contributed by atoms with Crippen LogP contribution in [0.4, 0.5) is 0 Å². The Kier molecular flexibility index (Phi) is 10.7. The lowest BCUT2D eigenvalue weighted by Crippen LogP contribution is -2.67. The van der Waals surface area contributed by atoms with Crippen molar-refractivity contribution in [1.82, 2.24) is 0 Å². The van der Waals surface area contributed by atoms with Gasteiger partial charge in [0.2, 0.25) is 0 Å². The van der Waals surface area contributed by atoms with Gasteiger partial charge < -0.3 is 29.2 Å². The number of allylic oxidation sites excluding steroid dienone is 1. The van der Waals surface area contributed by atoms with Crippen molar-refractivity contribution in [2.24, 2.45) is 56.7 Å². The van der Waals surface area contributed by atoms with E-state index in [0.29, 0.717) is 73.6 Å². The monoisotopic (exact) mass is 618 g/mol. The van der Waals surface area contributed by atoms with Gasteiger partial charge in [0, 0.05) is 0 Å². The van der Waals surface area contributed by atoms with Crippen molar-refractivity contribution in [3.63, 3.8) is 0 Å². The molecule has 0 spiro atoms. The number of hydrogen-bond donors (Lipinski definition) is 2. The quantitative estimate of drug-likeness (QED) is 0.160. The summed E-state index contributed by atoms with van der Waals surface area (Å²) in [5.41, 5.74) is 2.80. The molecular formula is C38H66O6. The number of ether oxygens (including phenoxy) is 4. The van der Waals surface area contributed by atoms with Crippen molar-refractivity contribution in [3.8, 4) is 0 Å². The van der Waals surface area contributed by atoms with E-state index in [-0.39, 0.29) is 30.1 Å².